The first-order valence-corrected chi connectivity index (χ1v) is 8.41. The standard InChI is InChI=1S/C19H13F2N3OS/c1-25-15-5-2-12(3-6-15)18-11-26-19(24-18)13(9-22)10-23-14-4-7-16(20)17(21)8-14/h2-8,10-11,23H,1H3. The lowest BCUT2D eigenvalue weighted by atomic mass is 10.2. The van der Waals surface area contributed by atoms with Crippen molar-refractivity contribution in [3.05, 3.63) is 70.7 Å². The van der Waals surface area contributed by atoms with E-state index in [0.717, 1.165) is 29.1 Å². The van der Waals surface area contributed by atoms with Crippen molar-refractivity contribution in [2.24, 2.45) is 0 Å². The summed E-state index contributed by atoms with van der Waals surface area (Å²) in [6.07, 6.45) is 1.42. The average molecular weight is 369 g/mol. The number of nitrogens with zero attached hydrogens (tertiary/aromatic N) is 2. The molecule has 0 saturated carbocycles. The predicted molar refractivity (Wildman–Crippen MR) is 97.7 cm³/mol. The number of allylic oxidation sites excluding steroid dienone is 1. The minimum atomic E-state index is -0.960. The SMILES string of the molecule is COc1ccc(-c2csc(C(C#N)=CNc3ccc(F)c(F)c3)n2)cc1. The minimum absolute atomic E-state index is 0.291. The molecular formula is C19H13F2N3OS. The summed E-state index contributed by atoms with van der Waals surface area (Å²) in [6.45, 7) is 0. The maximum absolute atomic E-state index is 13.2. The highest BCUT2D eigenvalue weighted by Gasteiger charge is 2.09. The molecule has 3 rings (SSSR count). The van der Waals surface area contributed by atoms with E-state index < -0.39 is 11.6 Å². The molecule has 0 amide bonds. The van der Waals surface area contributed by atoms with E-state index in [2.05, 4.69) is 16.4 Å². The first-order valence-electron chi connectivity index (χ1n) is 7.53. The number of halogens is 2. The Morgan fingerprint density at radius 2 is 1.96 bits per heavy atom. The Labute approximate surface area is 153 Å². The lowest BCUT2D eigenvalue weighted by molar-refractivity contribution is 0.415. The molecule has 7 heteroatoms. The van der Waals surface area contributed by atoms with Crippen LogP contribution in [-0.4, -0.2) is 12.1 Å². The number of hydrogen-bond donors (Lipinski definition) is 1. The third kappa shape index (κ3) is 3.87. The molecular weight excluding hydrogens is 356 g/mol. The number of methoxy groups -OCH3 is 1. The van der Waals surface area contributed by atoms with Crippen molar-refractivity contribution < 1.29 is 13.5 Å². The molecule has 0 unspecified atom stereocenters. The van der Waals surface area contributed by atoms with Crippen LogP contribution in [0.2, 0.25) is 0 Å². The van der Waals surface area contributed by atoms with Crippen molar-refractivity contribution in [3.8, 4) is 23.1 Å². The zero-order valence-electron chi connectivity index (χ0n) is 13.7. The molecule has 0 aliphatic heterocycles. The van der Waals surface area contributed by atoms with Crippen molar-refractivity contribution in [2.75, 3.05) is 12.4 Å². The van der Waals surface area contributed by atoms with Crippen LogP contribution in [0.5, 0.6) is 5.75 Å². The molecule has 0 saturated heterocycles. The fraction of sp³-hybridized carbons (Fsp3) is 0.0526. The number of nitrogens with one attached hydrogen (secondary N) is 1. The summed E-state index contributed by atoms with van der Waals surface area (Å²) in [5, 5.41) is 14.5. The maximum atomic E-state index is 13.2. The number of rotatable bonds is 5. The summed E-state index contributed by atoms with van der Waals surface area (Å²) in [4.78, 5) is 4.46. The van der Waals surface area contributed by atoms with E-state index in [1.807, 2.05) is 29.6 Å². The molecule has 26 heavy (non-hydrogen) atoms. The number of anilines is 1. The molecule has 0 spiro atoms. The van der Waals surface area contributed by atoms with Gasteiger partial charge in [-0.05, 0) is 36.4 Å². The van der Waals surface area contributed by atoms with Gasteiger partial charge in [0.15, 0.2) is 11.6 Å². The summed E-state index contributed by atoms with van der Waals surface area (Å²) >= 11 is 1.32. The average Bonchev–Trinajstić information content (AvgIpc) is 3.15. The smallest absolute Gasteiger partial charge is 0.160 e. The van der Waals surface area contributed by atoms with Crippen molar-refractivity contribution in [1.82, 2.24) is 4.98 Å². The summed E-state index contributed by atoms with van der Waals surface area (Å²) in [5.41, 5.74) is 2.27. The lowest BCUT2D eigenvalue weighted by Gasteiger charge is -2.02. The molecule has 0 bridgehead atoms. The Balaban J connectivity index is 1.81. The molecule has 130 valence electrons. The molecule has 1 heterocycles. The van der Waals surface area contributed by atoms with Crippen molar-refractivity contribution in [3.63, 3.8) is 0 Å². The second kappa shape index (κ2) is 7.76. The number of thiazole rings is 1. The zero-order valence-corrected chi connectivity index (χ0v) is 14.5. The topological polar surface area (TPSA) is 57.9 Å². The van der Waals surface area contributed by atoms with Crippen molar-refractivity contribution in [1.29, 1.82) is 5.26 Å². The van der Waals surface area contributed by atoms with Crippen LogP contribution in [0.3, 0.4) is 0 Å². The van der Waals surface area contributed by atoms with E-state index in [1.54, 1.807) is 7.11 Å². The van der Waals surface area contributed by atoms with Gasteiger partial charge in [-0.25, -0.2) is 13.8 Å². The van der Waals surface area contributed by atoms with Gasteiger partial charge in [0.1, 0.15) is 22.4 Å². The Bertz CT molecular complexity index is 991. The van der Waals surface area contributed by atoms with Crippen molar-refractivity contribution >= 4 is 22.6 Å². The third-order valence-corrected chi connectivity index (χ3v) is 4.42. The van der Waals surface area contributed by atoms with Gasteiger partial charge in [-0.1, -0.05) is 0 Å². The Morgan fingerprint density at radius 3 is 2.62 bits per heavy atom. The van der Waals surface area contributed by atoms with Gasteiger partial charge in [-0.15, -0.1) is 11.3 Å². The summed E-state index contributed by atoms with van der Waals surface area (Å²) in [6, 6.07) is 12.9. The zero-order chi connectivity index (χ0) is 18.5. The van der Waals surface area contributed by atoms with Crippen LogP contribution >= 0.6 is 11.3 Å². The van der Waals surface area contributed by atoms with Gasteiger partial charge in [0, 0.05) is 28.9 Å². The molecule has 4 nitrogen and oxygen atoms in total. The summed E-state index contributed by atoms with van der Waals surface area (Å²) in [7, 11) is 1.60. The minimum Gasteiger partial charge on any atom is -0.497 e. The van der Waals surface area contributed by atoms with Crippen LogP contribution in [-0.2, 0) is 0 Å². The van der Waals surface area contributed by atoms with Gasteiger partial charge in [-0.3, -0.25) is 0 Å². The Kier molecular flexibility index (Phi) is 5.25. The van der Waals surface area contributed by atoms with E-state index >= 15 is 0 Å². The van der Waals surface area contributed by atoms with Crippen molar-refractivity contribution in [2.45, 2.75) is 0 Å². The molecule has 1 aromatic heterocycles. The molecule has 0 radical (unpaired) electrons. The fourth-order valence-electron chi connectivity index (χ4n) is 2.18. The second-order valence-corrected chi connectivity index (χ2v) is 6.07. The molecule has 3 aromatic rings. The molecule has 1 N–H and O–H groups in total. The van der Waals surface area contributed by atoms with Crippen LogP contribution in [0, 0.1) is 23.0 Å². The van der Waals surface area contributed by atoms with Crippen LogP contribution in [0.25, 0.3) is 16.8 Å². The lowest BCUT2D eigenvalue weighted by Crippen LogP contribution is -1.93. The largest absolute Gasteiger partial charge is 0.497 e. The van der Waals surface area contributed by atoms with E-state index in [1.165, 1.54) is 23.6 Å². The molecule has 0 aliphatic rings. The molecule has 2 aromatic carbocycles. The maximum Gasteiger partial charge on any atom is 0.160 e. The van der Waals surface area contributed by atoms with E-state index in [0.29, 0.717) is 16.3 Å². The summed E-state index contributed by atoms with van der Waals surface area (Å²) < 4.78 is 31.3. The summed E-state index contributed by atoms with van der Waals surface area (Å²) in [5.74, 6) is -1.14. The van der Waals surface area contributed by atoms with Crippen LogP contribution < -0.4 is 10.1 Å². The monoisotopic (exact) mass is 369 g/mol. The molecule has 0 fully saturated rings. The number of ether oxygens (including phenoxy) is 1. The van der Waals surface area contributed by atoms with E-state index in [4.69, 9.17) is 4.74 Å². The normalized spacial score (nSPS) is 11.1. The first kappa shape index (κ1) is 17.6. The number of hydrogen-bond acceptors (Lipinski definition) is 5. The van der Waals surface area contributed by atoms with E-state index in [-0.39, 0.29) is 0 Å². The quantitative estimate of drug-likeness (QED) is 0.638. The Morgan fingerprint density at radius 1 is 1.19 bits per heavy atom. The molecule has 0 atom stereocenters. The first-order chi connectivity index (χ1) is 12.6. The van der Waals surface area contributed by atoms with Gasteiger partial charge < -0.3 is 10.1 Å². The van der Waals surface area contributed by atoms with Gasteiger partial charge in [0.2, 0.25) is 0 Å². The third-order valence-electron chi connectivity index (χ3n) is 3.54. The Hall–Kier alpha value is -3.24. The van der Waals surface area contributed by atoms with Gasteiger partial charge in [0.05, 0.1) is 12.8 Å². The number of nitriles is 1. The van der Waals surface area contributed by atoms with E-state index in [9.17, 15) is 14.0 Å². The number of benzene rings is 2. The highest BCUT2D eigenvalue weighted by atomic mass is 32.1. The highest BCUT2D eigenvalue weighted by molar-refractivity contribution is 7.11. The van der Waals surface area contributed by atoms with Gasteiger partial charge in [-0.2, -0.15) is 5.26 Å². The van der Waals surface area contributed by atoms with Gasteiger partial charge >= 0.3 is 0 Å². The predicted octanol–water partition coefficient (Wildman–Crippen LogP) is 5.07. The van der Waals surface area contributed by atoms with Crippen LogP contribution in [0.15, 0.2) is 54.0 Å². The number of aromatic nitrogens is 1. The molecule has 0 aliphatic carbocycles. The van der Waals surface area contributed by atoms with Crippen LogP contribution in [0.4, 0.5) is 14.5 Å². The van der Waals surface area contributed by atoms with Crippen LogP contribution in [0.1, 0.15) is 5.01 Å². The van der Waals surface area contributed by atoms with Gasteiger partial charge in [0.25, 0.3) is 0 Å². The fourth-order valence-corrected chi connectivity index (χ4v) is 2.97. The highest BCUT2D eigenvalue weighted by Crippen LogP contribution is 2.27. The second-order valence-electron chi connectivity index (χ2n) is 5.21.